The predicted octanol–water partition coefficient (Wildman–Crippen LogP) is -0.419. The van der Waals surface area contributed by atoms with E-state index in [2.05, 4.69) is 0 Å². The average molecular weight is 172 g/mol. The van der Waals surface area contributed by atoms with Crippen LogP contribution in [0.5, 0.6) is 0 Å². The fourth-order valence-electron chi connectivity index (χ4n) is 1.41. The number of hydrogen-bond acceptors (Lipinski definition) is 3. The highest BCUT2D eigenvalue weighted by molar-refractivity contribution is 5.81. The highest BCUT2D eigenvalue weighted by atomic mass is 16.5. The van der Waals surface area contributed by atoms with Gasteiger partial charge in [-0.2, -0.15) is 0 Å². The van der Waals surface area contributed by atoms with Crippen molar-refractivity contribution in [3.63, 3.8) is 0 Å². The second-order valence-corrected chi connectivity index (χ2v) is 3.22. The van der Waals surface area contributed by atoms with Crippen molar-refractivity contribution in [2.24, 2.45) is 5.73 Å². The lowest BCUT2D eigenvalue weighted by atomic mass is 10.3. The van der Waals surface area contributed by atoms with Crippen LogP contribution >= 0.6 is 0 Å². The van der Waals surface area contributed by atoms with Gasteiger partial charge in [-0.15, -0.1) is 0 Å². The summed E-state index contributed by atoms with van der Waals surface area (Å²) in [5.41, 5.74) is 5.47. The van der Waals surface area contributed by atoms with E-state index in [9.17, 15) is 4.79 Å². The van der Waals surface area contributed by atoms with Gasteiger partial charge < -0.3 is 15.4 Å². The van der Waals surface area contributed by atoms with E-state index >= 15 is 0 Å². The van der Waals surface area contributed by atoms with E-state index in [1.807, 2.05) is 0 Å². The number of ether oxygens (including phenoxy) is 1. The van der Waals surface area contributed by atoms with Crippen molar-refractivity contribution in [2.45, 2.75) is 25.5 Å². The minimum absolute atomic E-state index is 0.0227. The fourth-order valence-corrected chi connectivity index (χ4v) is 1.41. The molecule has 12 heavy (non-hydrogen) atoms. The van der Waals surface area contributed by atoms with Gasteiger partial charge in [-0.05, 0) is 13.3 Å². The number of methoxy groups -OCH3 is 1. The molecule has 0 aromatic heterocycles. The summed E-state index contributed by atoms with van der Waals surface area (Å²) >= 11 is 0. The molecule has 2 N–H and O–H groups in total. The van der Waals surface area contributed by atoms with E-state index in [-0.39, 0.29) is 18.1 Å². The van der Waals surface area contributed by atoms with E-state index < -0.39 is 0 Å². The van der Waals surface area contributed by atoms with Crippen LogP contribution in [-0.4, -0.2) is 43.2 Å². The Balaban J connectivity index is 2.41. The summed E-state index contributed by atoms with van der Waals surface area (Å²) in [6, 6.07) is -0.388. The molecule has 1 amide bonds. The molecule has 0 bridgehead atoms. The van der Waals surface area contributed by atoms with Gasteiger partial charge in [0.1, 0.15) is 0 Å². The molecule has 1 fully saturated rings. The smallest absolute Gasteiger partial charge is 0.239 e. The van der Waals surface area contributed by atoms with Crippen molar-refractivity contribution in [2.75, 3.05) is 20.2 Å². The molecule has 0 aromatic carbocycles. The zero-order valence-electron chi connectivity index (χ0n) is 7.62. The van der Waals surface area contributed by atoms with Gasteiger partial charge in [0.15, 0.2) is 0 Å². The minimum Gasteiger partial charge on any atom is -0.380 e. The maximum atomic E-state index is 11.4. The van der Waals surface area contributed by atoms with E-state index in [4.69, 9.17) is 10.5 Å². The first-order chi connectivity index (χ1) is 5.65. The van der Waals surface area contributed by atoms with Crippen LogP contribution in [0.4, 0.5) is 0 Å². The van der Waals surface area contributed by atoms with E-state index in [1.54, 1.807) is 18.9 Å². The number of rotatable bonds is 2. The Morgan fingerprint density at radius 3 is 2.83 bits per heavy atom. The van der Waals surface area contributed by atoms with Crippen molar-refractivity contribution in [3.8, 4) is 0 Å². The van der Waals surface area contributed by atoms with Gasteiger partial charge >= 0.3 is 0 Å². The molecule has 0 radical (unpaired) electrons. The normalized spacial score (nSPS) is 25.9. The van der Waals surface area contributed by atoms with Gasteiger partial charge in [0.2, 0.25) is 5.91 Å². The van der Waals surface area contributed by atoms with Crippen molar-refractivity contribution in [1.82, 2.24) is 4.90 Å². The molecule has 1 saturated heterocycles. The van der Waals surface area contributed by atoms with Crippen molar-refractivity contribution in [1.29, 1.82) is 0 Å². The van der Waals surface area contributed by atoms with Crippen LogP contribution in [-0.2, 0) is 9.53 Å². The van der Waals surface area contributed by atoms with Crippen LogP contribution < -0.4 is 5.73 Å². The first-order valence-electron chi connectivity index (χ1n) is 4.22. The summed E-state index contributed by atoms with van der Waals surface area (Å²) in [6.45, 7) is 3.18. The lowest BCUT2D eigenvalue weighted by Gasteiger charge is -2.17. The number of amides is 1. The summed E-state index contributed by atoms with van der Waals surface area (Å²) < 4.78 is 5.14. The van der Waals surface area contributed by atoms with Crippen LogP contribution in [0.15, 0.2) is 0 Å². The molecular formula is C8H16N2O2. The SMILES string of the molecule is COC1CCN(C(=O)[C@H](C)N)C1. The number of likely N-dealkylation sites (tertiary alicyclic amines) is 1. The number of hydrogen-bond donors (Lipinski definition) is 1. The average Bonchev–Trinajstić information content (AvgIpc) is 2.50. The van der Waals surface area contributed by atoms with Gasteiger partial charge in [0.25, 0.3) is 0 Å². The second-order valence-electron chi connectivity index (χ2n) is 3.22. The Bertz CT molecular complexity index is 170. The molecule has 4 nitrogen and oxygen atoms in total. The first kappa shape index (κ1) is 9.48. The first-order valence-corrected chi connectivity index (χ1v) is 4.22. The van der Waals surface area contributed by atoms with Crippen LogP contribution in [0, 0.1) is 0 Å². The Hall–Kier alpha value is -0.610. The molecule has 1 rings (SSSR count). The van der Waals surface area contributed by atoms with Crippen LogP contribution in [0.2, 0.25) is 0 Å². The number of carbonyl (C=O) groups excluding carboxylic acids is 1. The standard InChI is InChI=1S/C8H16N2O2/c1-6(9)8(11)10-4-3-7(5-10)12-2/h6-7H,3-5,9H2,1-2H3/t6-,7?/m0/s1. The predicted molar refractivity (Wildman–Crippen MR) is 45.6 cm³/mol. The minimum atomic E-state index is -0.388. The molecule has 1 unspecified atom stereocenters. The second kappa shape index (κ2) is 3.87. The van der Waals surface area contributed by atoms with Crippen molar-refractivity contribution in [3.05, 3.63) is 0 Å². The molecule has 1 aliphatic heterocycles. The van der Waals surface area contributed by atoms with Crippen LogP contribution in [0.1, 0.15) is 13.3 Å². The third kappa shape index (κ3) is 1.95. The van der Waals surface area contributed by atoms with Crippen LogP contribution in [0.3, 0.4) is 0 Å². The summed E-state index contributed by atoms with van der Waals surface area (Å²) in [5, 5.41) is 0. The summed E-state index contributed by atoms with van der Waals surface area (Å²) in [4.78, 5) is 13.1. The van der Waals surface area contributed by atoms with Gasteiger partial charge in [-0.1, -0.05) is 0 Å². The largest absolute Gasteiger partial charge is 0.380 e. The summed E-state index contributed by atoms with van der Waals surface area (Å²) in [7, 11) is 1.67. The lowest BCUT2D eigenvalue weighted by Crippen LogP contribution is -2.41. The Morgan fingerprint density at radius 2 is 2.42 bits per heavy atom. The Labute approximate surface area is 72.7 Å². The van der Waals surface area contributed by atoms with Gasteiger partial charge in [0, 0.05) is 20.2 Å². The third-order valence-electron chi connectivity index (χ3n) is 2.18. The Morgan fingerprint density at radius 1 is 1.75 bits per heavy atom. The fraction of sp³-hybridized carbons (Fsp3) is 0.875. The zero-order chi connectivity index (χ0) is 9.14. The summed E-state index contributed by atoms with van der Waals surface area (Å²) in [6.07, 6.45) is 1.13. The van der Waals surface area contributed by atoms with E-state index in [0.29, 0.717) is 6.54 Å². The lowest BCUT2D eigenvalue weighted by molar-refractivity contribution is -0.131. The zero-order valence-corrected chi connectivity index (χ0v) is 7.62. The topological polar surface area (TPSA) is 55.6 Å². The van der Waals surface area contributed by atoms with Gasteiger partial charge in [-0.25, -0.2) is 0 Å². The third-order valence-corrected chi connectivity index (χ3v) is 2.18. The van der Waals surface area contributed by atoms with Crippen LogP contribution in [0.25, 0.3) is 0 Å². The van der Waals surface area contributed by atoms with Crippen molar-refractivity contribution < 1.29 is 9.53 Å². The highest BCUT2D eigenvalue weighted by Crippen LogP contribution is 2.12. The molecule has 70 valence electrons. The van der Waals surface area contributed by atoms with Gasteiger partial charge in [-0.3, -0.25) is 4.79 Å². The van der Waals surface area contributed by atoms with Gasteiger partial charge in [0.05, 0.1) is 12.1 Å². The Kier molecular flexibility index (Phi) is 3.05. The molecule has 4 heteroatoms. The molecule has 0 saturated carbocycles. The number of nitrogens with zero attached hydrogens (tertiary/aromatic N) is 1. The summed E-state index contributed by atoms with van der Waals surface area (Å²) in [5.74, 6) is 0.0227. The molecule has 1 heterocycles. The van der Waals surface area contributed by atoms with E-state index in [0.717, 1.165) is 13.0 Å². The molecule has 1 aliphatic rings. The maximum Gasteiger partial charge on any atom is 0.239 e. The van der Waals surface area contributed by atoms with Crippen molar-refractivity contribution >= 4 is 5.91 Å². The molecule has 0 aromatic rings. The quantitative estimate of drug-likeness (QED) is 0.615. The molecule has 0 spiro atoms. The maximum absolute atomic E-state index is 11.4. The molecular weight excluding hydrogens is 156 g/mol. The number of carbonyl (C=O) groups is 1. The van der Waals surface area contributed by atoms with E-state index in [1.165, 1.54) is 0 Å². The monoisotopic (exact) mass is 172 g/mol. The number of nitrogens with two attached hydrogens (primary N) is 1. The molecule has 0 aliphatic carbocycles. The molecule has 2 atom stereocenters. The highest BCUT2D eigenvalue weighted by Gasteiger charge is 2.27.